The van der Waals surface area contributed by atoms with Gasteiger partial charge in [0.2, 0.25) is 9.84 Å². The van der Waals surface area contributed by atoms with E-state index < -0.39 is 25.5 Å². The zero-order valence-corrected chi connectivity index (χ0v) is 13.4. The Bertz CT molecular complexity index is 968. The van der Waals surface area contributed by atoms with Crippen LogP contribution in [0.2, 0.25) is 0 Å². The van der Waals surface area contributed by atoms with Crippen molar-refractivity contribution >= 4 is 21.2 Å². The zero-order valence-electron chi connectivity index (χ0n) is 12.5. The molecule has 0 fully saturated rings. The molecule has 0 aromatic heterocycles. The highest BCUT2D eigenvalue weighted by Crippen LogP contribution is 2.40. The Balaban J connectivity index is 2.35. The first kappa shape index (κ1) is 15.3. The zero-order chi connectivity index (χ0) is 16.8. The third-order valence-corrected chi connectivity index (χ3v) is 5.32. The molecule has 1 aliphatic heterocycles. The average Bonchev–Trinajstić information content (AvgIpc) is 2.46. The molecule has 0 amide bonds. The molecule has 0 aliphatic carbocycles. The molecule has 0 saturated carbocycles. The van der Waals surface area contributed by atoms with Crippen molar-refractivity contribution in [3.63, 3.8) is 0 Å². The van der Waals surface area contributed by atoms with Gasteiger partial charge in [-0.3, -0.25) is 0 Å². The molecular weight excluding hydrogens is 315 g/mol. The molecule has 1 heterocycles. The monoisotopic (exact) mass is 328 g/mol. The molecule has 0 unspecified atom stereocenters. The molecule has 0 spiro atoms. The van der Waals surface area contributed by atoms with Gasteiger partial charge in [0.1, 0.15) is 16.8 Å². The quantitative estimate of drug-likeness (QED) is 0.800. The third kappa shape index (κ3) is 2.39. The van der Waals surface area contributed by atoms with Gasteiger partial charge in [-0.25, -0.2) is 12.8 Å². The van der Waals surface area contributed by atoms with Gasteiger partial charge in [0, 0.05) is 11.9 Å². The number of rotatable bonds is 1. The van der Waals surface area contributed by atoms with Crippen LogP contribution in [-0.4, -0.2) is 8.42 Å². The standard InChI is InChI=1S/C17H13FN2O2S/c1-11-6-12(2)8-13(7-11)20-10-14(9-19)23(21,22)17-15(18)4-3-5-16(17)20/h3-8,10H,1-2H3. The van der Waals surface area contributed by atoms with Gasteiger partial charge < -0.3 is 4.90 Å². The van der Waals surface area contributed by atoms with Gasteiger partial charge in [0.15, 0.2) is 4.91 Å². The third-order valence-electron chi connectivity index (χ3n) is 3.61. The Morgan fingerprint density at radius 2 is 1.78 bits per heavy atom. The van der Waals surface area contributed by atoms with E-state index in [2.05, 4.69) is 0 Å². The molecule has 0 N–H and O–H groups in total. The van der Waals surface area contributed by atoms with E-state index in [1.165, 1.54) is 23.2 Å². The average molecular weight is 328 g/mol. The van der Waals surface area contributed by atoms with Crippen molar-refractivity contribution in [1.82, 2.24) is 0 Å². The van der Waals surface area contributed by atoms with Crippen molar-refractivity contribution < 1.29 is 12.8 Å². The minimum Gasteiger partial charge on any atom is -0.314 e. The van der Waals surface area contributed by atoms with Crippen LogP contribution in [0.4, 0.5) is 15.8 Å². The second kappa shape index (κ2) is 5.21. The van der Waals surface area contributed by atoms with Crippen LogP contribution in [0.25, 0.3) is 0 Å². The molecule has 0 saturated heterocycles. The SMILES string of the molecule is Cc1cc(C)cc(N2C=C(C#N)S(=O)(=O)c3c(F)cccc32)c1. The lowest BCUT2D eigenvalue weighted by Crippen LogP contribution is -2.22. The maximum Gasteiger partial charge on any atom is 0.223 e. The molecule has 1 aliphatic rings. The minimum absolute atomic E-state index is 0.203. The topological polar surface area (TPSA) is 61.2 Å². The summed E-state index contributed by atoms with van der Waals surface area (Å²) in [7, 11) is -4.14. The van der Waals surface area contributed by atoms with Crippen LogP contribution < -0.4 is 4.90 Å². The summed E-state index contributed by atoms with van der Waals surface area (Å²) in [6, 6.07) is 11.4. The Morgan fingerprint density at radius 1 is 1.13 bits per heavy atom. The summed E-state index contributed by atoms with van der Waals surface area (Å²) in [5.41, 5.74) is 2.85. The Hall–Kier alpha value is -2.65. The normalized spacial score (nSPS) is 15.6. The predicted molar refractivity (Wildman–Crippen MR) is 85.3 cm³/mol. The maximum atomic E-state index is 14.2. The number of nitriles is 1. The summed E-state index contributed by atoms with van der Waals surface area (Å²) < 4.78 is 39.0. The fourth-order valence-corrected chi connectivity index (χ4v) is 4.06. The van der Waals surface area contributed by atoms with Crippen molar-refractivity contribution in [3.8, 4) is 6.07 Å². The summed E-state index contributed by atoms with van der Waals surface area (Å²) in [5, 5.41) is 9.17. The van der Waals surface area contributed by atoms with Crippen molar-refractivity contribution in [3.05, 3.63) is 64.4 Å². The summed E-state index contributed by atoms with van der Waals surface area (Å²) in [6.07, 6.45) is 1.24. The molecule has 4 nitrogen and oxygen atoms in total. The van der Waals surface area contributed by atoms with Crippen molar-refractivity contribution in [2.45, 2.75) is 18.7 Å². The second-order valence-electron chi connectivity index (χ2n) is 5.41. The molecule has 0 radical (unpaired) electrons. The number of hydrogen-bond donors (Lipinski definition) is 0. The molecule has 0 atom stereocenters. The number of halogens is 1. The molecule has 3 rings (SSSR count). The lowest BCUT2D eigenvalue weighted by Gasteiger charge is -2.28. The first-order valence-corrected chi connectivity index (χ1v) is 8.36. The number of fused-ring (bicyclic) bond motifs is 1. The van der Waals surface area contributed by atoms with E-state index in [0.717, 1.165) is 17.2 Å². The van der Waals surface area contributed by atoms with Crippen molar-refractivity contribution in [1.29, 1.82) is 5.26 Å². The van der Waals surface area contributed by atoms with Crippen LogP contribution in [0, 0.1) is 31.0 Å². The molecule has 2 aromatic carbocycles. The predicted octanol–water partition coefficient (Wildman–Crippen LogP) is 3.73. The molecule has 0 bridgehead atoms. The van der Waals surface area contributed by atoms with E-state index in [0.29, 0.717) is 5.69 Å². The van der Waals surface area contributed by atoms with Crippen molar-refractivity contribution in [2.24, 2.45) is 0 Å². The minimum atomic E-state index is -4.14. The number of hydrogen-bond acceptors (Lipinski definition) is 4. The fourth-order valence-electron chi connectivity index (χ4n) is 2.71. The summed E-state index contributed by atoms with van der Waals surface area (Å²) in [4.78, 5) is 0.602. The van der Waals surface area contributed by atoms with Crippen molar-refractivity contribution in [2.75, 3.05) is 4.90 Å². The summed E-state index contributed by atoms with van der Waals surface area (Å²) in [6.45, 7) is 3.83. The summed E-state index contributed by atoms with van der Waals surface area (Å²) >= 11 is 0. The number of sulfone groups is 1. The van der Waals surface area contributed by atoms with E-state index >= 15 is 0 Å². The smallest absolute Gasteiger partial charge is 0.223 e. The van der Waals surface area contributed by atoms with Gasteiger partial charge >= 0.3 is 0 Å². The van der Waals surface area contributed by atoms with Crippen LogP contribution in [0.15, 0.2) is 52.4 Å². The van der Waals surface area contributed by atoms with Crippen LogP contribution >= 0.6 is 0 Å². The molecule has 116 valence electrons. The number of anilines is 2. The van der Waals surface area contributed by atoms with Crippen LogP contribution in [0.3, 0.4) is 0 Å². The van der Waals surface area contributed by atoms with E-state index in [1.54, 1.807) is 6.07 Å². The van der Waals surface area contributed by atoms with Gasteiger partial charge in [-0.1, -0.05) is 12.1 Å². The summed E-state index contributed by atoms with van der Waals surface area (Å²) in [5.74, 6) is -0.863. The molecule has 23 heavy (non-hydrogen) atoms. The Labute approximate surface area is 134 Å². The van der Waals surface area contributed by atoms with Crippen LogP contribution in [0.1, 0.15) is 11.1 Å². The fraction of sp³-hybridized carbons (Fsp3) is 0.118. The van der Waals surface area contributed by atoms with Gasteiger partial charge in [-0.05, 0) is 49.2 Å². The lowest BCUT2D eigenvalue weighted by atomic mass is 10.1. The largest absolute Gasteiger partial charge is 0.314 e. The number of nitrogens with zero attached hydrogens (tertiary/aromatic N) is 2. The van der Waals surface area contributed by atoms with E-state index in [9.17, 15) is 18.1 Å². The van der Waals surface area contributed by atoms with Gasteiger partial charge in [0.25, 0.3) is 0 Å². The maximum absolute atomic E-state index is 14.2. The van der Waals surface area contributed by atoms with Crippen LogP contribution in [0.5, 0.6) is 0 Å². The highest BCUT2D eigenvalue weighted by atomic mass is 32.2. The van der Waals surface area contributed by atoms with E-state index in [-0.39, 0.29) is 5.69 Å². The molecule has 2 aromatic rings. The first-order valence-electron chi connectivity index (χ1n) is 6.87. The van der Waals surface area contributed by atoms with Gasteiger partial charge in [0.05, 0.1) is 5.69 Å². The first-order chi connectivity index (χ1) is 10.8. The lowest BCUT2D eigenvalue weighted by molar-refractivity contribution is 0.570. The van der Waals surface area contributed by atoms with Crippen LogP contribution in [-0.2, 0) is 9.84 Å². The number of benzene rings is 2. The second-order valence-corrected chi connectivity index (χ2v) is 7.27. The number of aryl methyl sites for hydroxylation is 2. The van der Waals surface area contributed by atoms with Gasteiger partial charge in [-0.2, -0.15) is 5.26 Å². The molecule has 6 heteroatoms. The highest BCUT2D eigenvalue weighted by molar-refractivity contribution is 7.95. The number of allylic oxidation sites excluding steroid dienone is 1. The Kier molecular flexibility index (Phi) is 3.46. The molecular formula is C17H13FN2O2S. The Morgan fingerprint density at radius 3 is 2.39 bits per heavy atom. The van der Waals surface area contributed by atoms with E-state index in [4.69, 9.17) is 0 Å². The highest BCUT2D eigenvalue weighted by Gasteiger charge is 2.34. The van der Waals surface area contributed by atoms with Gasteiger partial charge in [-0.15, -0.1) is 0 Å². The van der Waals surface area contributed by atoms with E-state index in [1.807, 2.05) is 32.0 Å².